The van der Waals surface area contributed by atoms with E-state index >= 15 is 0 Å². The Bertz CT molecular complexity index is 1300. The number of nitrogens with zero attached hydrogens (tertiary/aromatic N) is 3. The second-order valence-electron chi connectivity index (χ2n) is 9.98. The van der Waals surface area contributed by atoms with Crippen LogP contribution < -0.4 is 14.8 Å². The molecule has 0 spiro atoms. The highest BCUT2D eigenvalue weighted by atomic mass is 32.2. The zero-order chi connectivity index (χ0) is 28.7. The lowest BCUT2D eigenvalue weighted by Crippen LogP contribution is -2.50. The lowest BCUT2D eigenvalue weighted by Gasteiger charge is -2.37. The van der Waals surface area contributed by atoms with E-state index in [2.05, 4.69) is 17.2 Å². The Morgan fingerprint density at radius 3 is 2.54 bits per heavy atom. The van der Waals surface area contributed by atoms with Gasteiger partial charge >= 0.3 is 6.03 Å². The monoisotopic (exact) mass is 558 g/mol. The summed E-state index contributed by atoms with van der Waals surface area (Å²) in [5.74, 6) is 6.64. The highest BCUT2D eigenvalue weighted by Gasteiger charge is 2.38. The van der Waals surface area contributed by atoms with Crippen molar-refractivity contribution in [3.63, 3.8) is 0 Å². The van der Waals surface area contributed by atoms with Crippen molar-refractivity contribution >= 4 is 21.7 Å². The van der Waals surface area contributed by atoms with Gasteiger partial charge in [0.1, 0.15) is 22.5 Å². The molecule has 1 aliphatic rings. The quantitative estimate of drug-likeness (QED) is 0.503. The number of rotatable bonds is 7. The first-order chi connectivity index (χ1) is 18.5. The molecule has 0 saturated carbocycles. The fourth-order valence-electron chi connectivity index (χ4n) is 4.07. The summed E-state index contributed by atoms with van der Waals surface area (Å²) in [5, 5.41) is 12.7. The van der Waals surface area contributed by atoms with Gasteiger partial charge in [-0.1, -0.05) is 18.8 Å². The van der Waals surface area contributed by atoms with Crippen molar-refractivity contribution in [3.05, 3.63) is 48.0 Å². The number of carbonyl (C=O) groups excluding carboxylic acids is 1. The topological polar surface area (TPSA) is 112 Å². The normalized spacial score (nSPS) is 19.4. The number of benzene rings is 2. The maximum absolute atomic E-state index is 13.6. The van der Waals surface area contributed by atoms with Crippen LogP contribution in [0.1, 0.15) is 19.4 Å². The predicted molar refractivity (Wildman–Crippen MR) is 151 cm³/mol. The number of hydrogen-bond acceptors (Lipinski definition) is 7. The molecule has 2 N–H and O–H groups in total. The van der Waals surface area contributed by atoms with Gasteiger partial charge in [-0.3, -0.25) is 4.90 Å². The summed E-state index contributed by atoms with van der Waals surface area (Å²) < 4.78 is 40.1. The fraction of sp³-hybridized carbons (Fsp3) is 0.464. The van der Waals surface area contributed by atoms with Gasteiger partial charge in [0.15, 0.2) is 0 Å². The van der Waals surface area contributed by atoms with Crippen molar-refractivity contribution in [2.75, 3.05) is 59.8 Å². The number of methoxy groups -OCH3 is 1. The van der Waals surface area contributed by atoms with Crippen LogP contribution in [0.5, 0.6) is 11.5 Å². The Labute approximate surface area is 231 Å². The number of aliphatic hydroxyl groups excluding tert-OH is 1. The highest BCUT2D eigenvalue weighted by Crippen LogP contribution is 2.34. The second-order valence-corrected chi connectivity index (χ2v) is 11.8. The number of nitrogens with one attached hydrogen (secondary N) is 1. The summed E-state index contributed by atoms with van der Waals surface area (Å²) in [7, 11) is 3.09. The first-order valence-corrected chi connectivity index (χ1v) is 14.1. The standard InChI is InChI=1S/C28H38N4O6S/c1-20-17-32(21(2)19-33)39(35,36)27-14-9-22(8-7-15-30(3)4)16-25(27)38-26(20)18-31(5)28(34)29-23-10-12-24(37-6)13-11-23/h9-14,16,20-21,26,33H,15,17-19H2,1-6H3,(H,29,34)/t20-,21-,26-/m0/s1. The number of sulfonamides is 1. The Morgan fingerprint density at radius 1 is 1.23 bits per heavy atom. The fourth-order valence-corrected chi connectivity index (χ4v) is 5.89. The molecule has 10 nitrogen and oxygen atoms in total. The average molecular weight is 559 g/mol. The third kappa shape index (κ3) is 7.64. The number of amides is 2. The van der Waals surface area contributed by atoms with Gasteiger partial charge in [-0.2, -0.15) is 4.31 Å². The maximum Gasteiger partial charge on any atom is 0.321 e. The molecule has 1 heterocycles. The molecule has 2 amide bonds. The van der Waals surface area contributed by atoms with Gasteiger partial charge in [0.2, 0.25) is 10.0 Å². The molecule has 0 aliphatic carbocycles. The molecule has 3 atom stereocenters. The number of likely N-dealkylation sites (N-methyl/N-ethyl adjacent to an activating group) is 1. The predicted octanol–water partition coefficient (Wildman–Crippen LogP) is 2.54. The lowest BCUT2D eigenvalue weighted by molar-refractivity contribution is 0.0830. The minimum absolute atomic E-state index is 0.00296. The third-order valence-electron chi connectivity index (χ3n) is 6.44. The SMILES string of the molecule is COc1ccc(NC(=O)N(C)C[C@@H]2Oc3cc(C#CCN(C)C)ccc3S(=O)(=O)N([C@@H](C)CO)C[C@@H]2C)cc1. The van der Waals surface area contributed by atoms with Crippen molar-refractivity contribution in [1.29, 1.82) is 0 Å². The number of anilines is 1. The van der Waals surface area contributed by atoms with E-state index in [1.807, 2.05) is 25.9 Å². The number of carbonyl (C=O) groups is 1. The molecule has 2 aromatic carbocycles. The molecule has 11 heteroatoms. The van der Waals surface area contributed by atoms with E-state index in [-0.39, 0.29) is 42.3 Å². The highest BCUT2D eigenvalue weighted by molar-refractivity contribution is 7.89. The maximum atomic E-state index is 13.6. The van der Waals surface area contributed by atoms with E-state index in [0.717, 1.165) is 0 Å². The second kappa shape index (κ2) is 13.2. The van der Waals surface area contributed by atoms with Gasteiger partial charge in [-0.05, 0) is 63.5 Å². The molecule has 0 unspecified atom stereocenters. The van der Waals surface area contributed by atoms with E-state index in [9.17, 15) is 18.3 Å². The zero-order valence-corrected chi connectivity index (χ0v) is 24.2. The van der Waals surface area contributed by atoms with E-state index in [1.165, 1.54) is 15.3 Å². The van der Waals surface area contributed by atoms with E-state index in [0.29, 0.717) is 23.5 Å². The molecule has 3 rings (SSSR count). The Hall–Kier alpha value is -3.30. The largest absolute Gasteiger partial charge is 0.497 e. The first kappa shape index (κ1) is 30.2. The van der Waals surface area contributed by atoms with Crippen LogP contribution in [0.15, 0.2) is 47.4 Å². The summed E-state index contributed by atoms with van der Waals surface area (Å²) in [6.07, 6.45) is -0.538. The first-order valence-electron chi connectivity index (χ1n) is 12.7. The van der Waals surface area contributed by atoms with Crippen LogP contribution in [0.25, 0.3) is 0 Å². The number of hydrogen-bond donors (Lipinski definition) is 2. The summed E-state index contributed by atoms with van der Waals surface area (Å²) >= 11 is 0. The van der Waals surface area contributed by atoms with E-state index in [4.69, 9.17) is 9.47 Å². The average Bonchev–Trinajstić information content (AvgIpc) is 2.90. The Balaban J connectivity index is 1.92. The molecule has 0 aromatic heterocycles. The molecule has 1 aliphatic heterocycles. The number of ether oxygens (including phenoxy) is 2. The van der Waals surface area contributed by atoms with Gasteiger partial charge in [0, 0.05) is 36.8 Å². The molecular formula is C28H38N4O6S. The zero-order valence-electron chi connectivity index (χ0n) is 23.3. The smallest absolute Gasteiger partial charge is 0.321 e. The third-order valence-corrected chi connectivity index (χ3v) is 8.46. The van der Waals surface area contributed by atoms with Crippen molar-refractivity contribution in [2.45, 2.75) is 30.9 Å². The number of urea groups is 1. The summed E-state index contributed by atoms with van der Waals surface area (Å²) in [6, 6.07) is 10.8. The van der Waals surface area contributed by atoms with Gasteiger partial charge in [-0.15, -0.1) is 0 Å². The summed E-state index contributed by atoms with van der Waals surface area (Å²) in [6.45, 7) is 4.07. The van der Waals surface area contributed by atoms with Crippen LogP contribution in [0.4, 0.5) is 10.5 Å². The van der Waals surface area contributed by atoms with Crippen LogP contribution in [0.3, 0.4) is 0 Å². The van der Waals surface area contributed by atoms with E-state index in [1.54, 1.807) is 57.5 Å². The summed E-state index contributed by atoms with van der Waals surface area (Å²) in [4.78, 5) is 16.4. The number of fused-ring (bicyclic) bond motifs is 1. The molecule has 0 radical (unpaired) electrons. The molecule has 2 aromatic rings. The van der Waals surface area contributed by atoms with Gasteiger partial charge in [0.05, 0.1) is 26.8 Å². The van der Waals surface area contributed by atoms with Crippen molar-refractivity contribution in [1.82, 2.24) is 14.1 Å². The molecule has 0 fully saturated rings. The van der Waals surface area contributed by atoms with Crippen LogP contribution in [0, 0.1) is 17.8 Å². The minimum Gasteiger partial charge on any atom is -0.497 e. The molecule has 39 heavy (non-hydrogen) atoms. The lowest BCUT2D eigenvalue weighted by atomic mass is 10.0. The molecule has 212 valence electrons. The minimum atomic E-state index is -3.96. The van der Waals surface area contributed by atoms with Crippen molar-refractivity contribution in [2.24, 2.45) is 5.92 Å². The van der Waals surface area contributed by atoms with Crippen LogP contribution >= 0.6 is 0 Å². The van der Waals surface area contributed by atoms with Gasteiger partial charge in [0.25, 0.3) is 0 Å². The Kier molecular flexibility index (Phi) is 10.2. The molecular weight excluding hydrogens is 520 g/mol. The van der Waals surface area contributed by atoms with Gasteiger partial charge in [-0.25, -0.2) is 13.2 Å². The van der Waals surface area contributed by atoms with Crippen molar-refractivity contribution in [3.8, 4) is 23.3 Å². The van der Waals surface area contributed by atoms with Crippen LogP contribution in [-0.4, -0.2) is 100 Å². The van der Waals surface area contributed by atoms with E-state index < -0.39 is 22.2 Å². The van der Waals surface area contributed by atoms with Crippen LogP contribution in [0.2, 0.25) is 0 Å². The molecule has 0 saturated heterocycles. The van der Waals surface area contributed by atoms with Gasteiger partial charge < -0.3 is 24.8 Å². The summed E-state index contributed by atoms with van der Waals surface area (Å²) in [5.41, 5.74) is 1.23. The Morgan fingerprint density at radius 2 is 1.92 bits per heavy atom. The van der Waals surface area contributed by atoms with Crippen LogP contribution in [-0.2, 0) is 10.0 Å². The van der Waals surface area contributed by atoms with Crippen molar-refractivity contribution < 1.29 is 27.8 Å². The number of aliphatic hydroxyl groups is 1. The molecule has 0 bridgehead atoms.